The van der Waals surface area contributed by atoms with E-state index in [1.165, 1.54) is 6.08 Å². The van der Waals surface area contributed by atoms with Gasteiger partial charge in [-0.05, 0) is 66.7 Å². The predicted molar refractivity (Wildman–Crippen MR) is 122 cm³/mol. The van der Waals surface area contributed by atoms with Gasteiger partial charge < -0.3 is 16.0 Å². The minimum Gasteiger partial charge on any atom is -0.355 e. The van der Waals surface area contributed by atoms with Crippen LogP contribution in [0.3, 0.4) is 0 Å². The molecule has 2 aromatic carbocycles. The van der Waals surface area contributed by atoms with Crippen molar-refractivity contribution in [3.8, 4) is 0 Å². The maximum Gasteiger partial charge on any atom is 0.256 e. The molecule has 2 heterocycles. The standard InChI is InChI=1S/C24H19N5O2/c1-2-23(30)28-18-10-11-20-19(15-18)21(12-14-25-20)27-17-8-6-16(7-9-17)24(31)29-22-5-3-4-13-26-22/h2-15H,1H2,(H,25,27)(H,28,30)(H,26,29,31). The summed E-state index contributed by atoms with van der Waals surface area (Å²) in [4.78, 5) is 32.5. The Morgan fingerprint density at radius 1 is 0.839 bits per heavy atom. The van der Waals surface area contributed by atoms with Gasteiger partial charge in [0.15, 0.2) is 0 Å². The van der Waals surface area contributed by atoms with Crippen LogP contribution in [0, 0.1) is 0 Å². The van der Waals surface area contributed by atoms with E-state index in [2.05, 4.69) is 32.5 Å². The Morgan fingerprint density at radius 2 is 1.65 bits per heavy atom. The molecule has 0 fully saturated rings. The minimum atomic E-state index is -0.280. The van der Waals surface area contributed by atoms with Crippen molar-refractivity contribution in [3.05, 3.63) is 97.3 Å². The summed E-state index contributed by atoms with van der Waals surface area (Å²) < 4.78 is 0. The maximum absolute atomic E-state index is 12.4. The highest BCUT2D eigenvalue weighted by atomic mass is 16.2. The monoisotopic (exact) mass is 409 g/mol. The molecule has 0 saturated heterocycles. The van der Waals surface area contributed by atoms with E-state index in [9.17, 15) is 9.59 Å². The van der Waals surface area contributed by atoms with E-state index < -0.39 is 0 Å². The van der Waals surface area contributed by atoms with Crippen molar-refractivity contribution in [3.63, 3.8) is 0 Å². The van der Waals surface area contributed by atoms with Gasteiger partial charge in [0.1, 0.15) is 5.82 Å². The van der Waals surface area contributed by atoms with Gasteiger partial charge in [-0.2, -0.15) is 0 Å². The van der Waals surface area contributed by atoms with Gasteiger partial charge in [-0.15, -0.1) is 0 Å². The Bertz CT molecular complexity index is 1250. The summed E-state index contributed by atoms with van der Waals surface area (Å²) >= 11 is 0. The van der Waals surface area contributed by atoms with Gasteiger partial charge in [-0.25, -0.2) is 4.98 Å². The van der Waals surface area contributed by atoms with Crippen molar-refractivity contribution in [2.45, 2.75) is 0 Å². The van der Waals surface area contributed by atoms with Gasteiger partial charge in [0.25, 0.3) is 5.91 Å². The van der Waals surface area contributed by atoms with Crippen molar-refractivity contribution in [1.82, 2.24) is 9.97 Å². The molecular weight excluding hydrogens is 390 g/mol. The summed E-state index contributed by atoms with van der Waals surface area (Å²) in [6, 6.07) is 19.8. The second-order valence-corrected chi connectivity index (χ2v) is 6.66. The Labute approximate surface area is 178 Å². The van der Waals surface area contributed by atoms with Gasteiger partial charge in [-0.3, -0.25) is 14.6 Å². The first-order valence-corrected chi connectivity index (χ1v) is 9.54. The normalized spacial score (nSPS) is 10.3. The fraction of sp³-hybridized carbons (Fsp3) is 0. The average molecular weight is 409 g/mol. The lowest BCUT2D eigenvalue weighted by Crippen LogP contribution is -2.12. The quantitative estimate of drug-likeness (QED) is 0.399. The zero-order chi connectivity index (χ0) is 21.6. The molecule has 0 saturated carbocycles. The summed E-state index contributed by atoms with van der Waals surface area (Å²) in [6.45, 7) is 3.47. The average Bonchev–Trinajstić information content (AvgIpc) is 2.80. The topological polar surface area (TPSA) is 96.0 Å². The summed E-state index contributed by atoms with van der Waals surface area (Å²) in [7, 11) is 0. The van der Waals surface area contributed by atoms with Gasteiger partial charge in [0.05, 0.1) is 5.52 Å². The molecule has 0 aliphatic rings. The van der Waals surface area contributed by atoms with Crippen molar-refractivity contribution in [2.24, 2.45) is 0 Å². The molecular formula is C24H19N5O2. The summed E-state index contributed by atoms with van der Waals surface area (Å²) in [6.07, 6.45) is 4.55. The van der Waals surface area contributed by atoms with E-state index >= 15 is 0 Å². The van der Waals surface area contributed by atoms with Gasteiger partial charge in [0, 0.05) is 40.4 Å². The van der Waals surface area contributed by atoms with Crippen LogP contribution < -0.4 is 16.0 Å². The van der Waals surface area contributed by atoms with Crippen LogP contribution in [-0.2, 0) is 4.79 Å². The van der Waals surface area contributed by atoms with Crippen LogP contribution in [0.15, 0.2) is 91.8 Å². The molecule has 4 rings (SSSR count). The SMILES string of the molecule is C=CC(=O)Nc1ccc2nccc(Nc3ccc(C(=O)Nc4ccccn4)cc3)c2c1. The Morgan fingerprint density at radius 3 is 2.39 bits per heavy atom. The van der Waals surface area contributed by atoms with Crippen LogP contribution in [0.25, 0.3) is 10.9 Å². The molecule has 0 radical (unpaired) electrons. The second-order valence-electron chi connectivity index (χ2n) is 6.66. The molecule has 31 heavy (non-hydrogen) atoms. The fourth-order valence-electron chi connectivity index (χ4n) is 3.01. The Balaban J connectivity index is 1.53. The van der Waals surface area contributed by atoms with E-state index in [-0.39, 0.29) is 11.8 Å². The lowest BCUT2D eigenvalue weighted by atomic mass is 10.1. The first-order valence-electron chi connectivity index (χ1n) is 9.54. The van der Waals surface area contributed by atoms with Crippen molar-refractivity contribution in [2.75, 3.05) is 16.0 Å². The molecule has 152 valence electrons. The minimum absolute atomic E-state index is 0.234. The van der Waals surface area contributed by atoms with Gasteiger partial charge >= 0.3 is 0 Å². The largest absolute Gasteiger partial charge is 0.355 e. The van der Waals surface area contributed by atoms with Crippen LogP contribution in [0.5, 0.6) is 0 Å². The van der Waals surface area contributed by atoms with Crippen LogP contribution in [0.2, 0.25) is 0 Å². The van der Waals surface area contributed by atoms with E-state index in [1.54, 1.807) is 42.7 Å². The third-order valence-corrected chi connectivity index (χ3v) is 4.53. The smallest absolute Gasteiger partial charge is 0.256 e. The highest BCUT2D eigenvalue weighted by molar-refractivity contribution is 6.04. The molecule has 7 heteroatoms. The lowest BCUT2D eigenvalue weighted by Gasteiger charge is -2.12. The number of nitrogens with zero attached hydrogens (tertiary/aromatic N) is 2. The Hall–Kier alpha value is -4.52. The molecule has 2 aromatic heterocycles. The highest BCUT2D eigenvalue weighted by Crippen LogP contribution is 2.28. The number of fused-ring (bicyclic) bond motifs is 1. The summed E-state index contributed by atoms with van der Waals surface area (Å²) in [5.74, 6) is -0.0168. The number of nitrogens with one attached hydrogen (secondary N) is 3. The third-order valence-electron chi connectivity index (χ3n) is 4.53. The number of hydrogen-bond donors (Lipinski definition) is 3. The number of hydrogen-bond acceptors (Lipinski definition) is 5. The fourth-order valence-corrected chi connectivity index (χ4v) is 3.01. The van der Waals surface area contributed by atoms with Crippen molar-refractivity contribution < 1.29 is 9.59 Å². The van der Waals surface area contributed by atoms with E-state index in [1.807, 2.05) is 36.4 Å². The number of benzene rings is 2. The predicted octanol–water partition coefficient (Wildman–Crippen LogP) is 4.75. The van der Waals surface area contributed by atoms with Crippen LogP contribution in [0.1, 0.15) is 10.4 Å². The number of amides is 2. The highest BCUT2D eigenvalue weighted by Gasteiger charge is 2.08. The van der Waals surface area contributed by atoms with E-state index in [0.29, 0.717) is 17.1 Å². The first kappa shape index (κ1) is 19.8. The number of pyridine rings is 2. The third kappa shape index (κ3) is 4.73. The number of aromatic nitrogens is 2. The second kappa shape index (κ2) is 8.87. The zero-order valence-electron chi connectivity index (χ0n) is 16.5. The van der Waals surface area contributed by atoms with Gasteiger partial charge in [0.2, 0.25) is 5.91 Å². The molecule has 2 amide bonds. The molecule has 3 N–H and O–H groups in total. The first-order chi connectivity index (χ1) is 15.1. The van der Waals surface area contributed by atoms with E-state index in [4.69, 9.17) is 0 Å². The van der Waals surface area contributed by atoms with E-state index in [0.717, 1.165) is 22.3 Å². The molecule has 4 aromatic rings. The molecule has 0 unspecified atom stereocenters. The molecule has 0 atom stereocenters. The number of carbonyl (C=O) groups is 2. The summed E-state index contributed by atoms with van der Waals surface area (Å²) in [5.41, 5.74) is 3.58. The maximum atomic E-state index is 12.4. The van der Waals surface area contributed by atoms with Crippen LogP contribution >= 0.6 is 0 Å². The van der Waals surface area contributed by atoms with Gasteiger partial charge in [-0.1, -0.05) is 12.6 Å². The lowest BCUT2D eigenvalue weighted by molar-refractivity contribution is -0.111. The number of anilines is 4. The van der Waals surface area contributed by atoms with Crippen molar-refractivity contribution >= 4 is 45.6 Å². The van der Waals surface area contributed by atoms with Crippen LogP contribution in [0.4, 0.5) is 22.9 Å². The zero-order valence-corrected chi connectivity index (χ0v) is 16.5. The molecule has 0 spiro atoms. The number of rotatable bonds is 6. The molecule has 0 bridgehead atoms. The molecule has 0 aliphatic carbocycles. The number of carbonyl (C=O) groups excluding carboxylic acids is 2. The Kier molecular flexibility index (Phi) is 5.66. The van der Waals surface area contributed by atoms with Crippen molar-refractivity contribution in [1.29, 1.82) is 0 Å². The summed E-state index contributed by atoms with van der Waals surface area (Å²) in [5, 5.41) is 9.70. The van der Waals surface area contributed by atoms with Crippen LogP contribution in [-0.4, -0.2) is 21.8 Å². The molecule has 0 aliphatic heterocycles. The molecule has 7 nitrogen and oxygen atoms in total.